The molecule has 0 aliphatic heterocycles. The zero-order valence-corrected chi connectivity index (χ0v) is 8.52. The van der Waals surface area contributed by atoms with Gasteiger partial charge in [0.2, 0.25) is 0 Å². The van der Waals surface area contributed by atoms with Gasteiger partial charge in [0, 0.05) is 10.1 Å². The van der Waals surface area contributed by atoms with Crippen molar-refractivity contribution in [3.63, 3.8) is 0 Å². The van der Waals surface area contributed by atoms with Gasteiger partial charge in [-0.15, -0.1) is 0 Å². The Kier molecular flexibility index (Phi) is 3.04. The zero-order chi connectivity index (χ0) is 9.14. The molecule has 0 spiro atoms. The molecule has 0 fully saturated rings. The summed E-state index contributed by atoms with van der Waals surface area (Å²) in [5, 5.41) is 0.202. The maximum absolute atomic E-state index is 11.6. The largest absolute Gasteiger partial charge is 0.254 e. The molecule has 0 saturated carbocycles. The van der Waals surface area contributed by atoms with Crippen LogP contribution < -0.4 is 0 Å². The molecule has 0 heterocycles. The second-order valence-electron chi connectivity index (χ2n) is 3.16. The molecule has 0 unspecified atom stereocenters. The third-order valence-electron chi connectivity index (χ3n) is 1.68. The third kappa shape index (κ3) is 2.18. The van der Waals surface area contributed by atoms with Crippen molar-refractivity contribution < 1.29 is 4.21 Å². The Morgan fingerprint density at radius 3 is 2.08 bits per heavy atom. The lowest BCUT2D eigenvalue weighted by Crippen LogP contribution is -2.05. The van der Waals surface area contributed by atoms with Crippen LogP contribution in [0.25, 0.3) is 0 Å². The van der Waals surface area contributed by atoms with Gasteiger partial charge in [0.15, 0.2) is 0 Å². The average Bonchev–Trinajstić information content (AvgIpc) is 2.04. The number of aryl methyl sites for hydroxylation is 1. The molecule has 1 atom stereocenters. The summed E-state index contributed by atoms with van der Waals surface area (Å²) in [5.74, 6) is 0. The van der Waals surface area contributed by atoms with Crippen LogP contribution in [0.4, 0.5) is 0 Å². The molecule has 0 N–H and O–H groups in total. The summed E-state index contributed by atoms with van der Waals surface area (Å²) >= 11 is 0. The SMILES string of the molecule is Cc1ccc([S@@](=O)C(C)C)cc1. The van der Waals surface area contributed by atoms with Crippen LogP contribution in [-0.4, -0.2) is 9.46 Å². The molecule has 2 heteroatoms. The molecule has 12 heavy (non-hydrogen) atoms. The highest BCUT2D eigenvalue weighted by Crippen LogP contribution is 2.11. The smallest absolute Gasteiger partial charge is 0.0555 e. The van der Waals surface area contributed by atoms with Crippen molar-refractivity contribution >= 4 is 10.8 Å². The number of rotatable bonds is 2. The van der Waals surface area contributed by atoms with Crippen molar-refractivity contribution in [2.75, 3.05) is 0 Å². The molecular formula is C10H14OS. The number of benzene rings is 1. The van der Waals surface area contributed by atoms with E-state index in [0.717, 1.165) is 4.90 Å². The zero-order valence-electron chi connectivity index (χ0n) is 7.70. The Bertz CT molecular complexity index is 274. The van der Waals surface area contributed by atoms with Crippen molar-refractivity contribution in [3.8, 4) is 0 Å². The summed E-state index contributed by atoms with van der Waals surface area (Å²) in [5.41, 5.74) is 1.21. The predicted molar refractivity (Wildman–Crippen MR) is 52.7 cm³/mol. The maximum atomic E-state index is 11.6. The summed E-state index contributed by atoms with van der Waals surface area (Å²) in [6.07, 6.45) is 0. The van der Waals surface area contributed by atoms with Gasteiger partial charge >= 0.3 is 0 Å². The molecule has 1 nitrogen and oxygen atoms in total. The summed E-state index contributed by atoms with van der Waals surface area (Å²) in [4.78, 5) is 0.926. The number of hydrogen-bond acceptors (Lipinski definition) is 1. The van der Waals surface area contributed by atoms with Crippen LogP contribution in [0.1, 0.15) is 19.4 Å². The topological polar surface area (TPSA) is 17.1 Å². The minimum Gasteiger partial charge on any atom is -0.254 e. The molecule has 0 amide bonds. The van der Waals surface area contributed by atoms with Gasteiger partial charge in [-0.3, -0.25) is 4.21 Å². The highest BCUT2D eigenvalue weighted by Gasteiger charge is 2.06. The second kappa shape index (κ2) is 3.85. The molecule has 1 aromatic carbocycles. The monoisotopic (exact) mass is 182 g/mol. The van der Waals surface area contributed by atoms with E-state index < -0.39 is 10.8 Å². The summed E-state index contributed by atoms with van der Waals surface area (Å²) in [6.45, 7) is 5.97. The van der Waals surface area contributed by atoms with E-state index in [0.29, 0.717) is 0 Å². The van der Waals surface area contributed by atoms with Crippen LogP contribution in [-0.2, 0) is 10.8 Å². The van der Waals surface area contributed by atoms with Crippen LogP contribution in [0.15, 0.2) is 29.2 Å². The van der Waals surface area contributed by atoms with E-state index in [-0.39, 0.29) is 5.25 Å². The van der Waals surface area contributed by atoms with E-state index in [4.69, 9.17) is 0 Å². The lowest BCUT2D eigenvalue weighted by molar-refractivity contribution is 0.676. The fourth-order valence-electron chi connectivity index (χ4n) is 0.945. The Morgan fingerprint density at radius 1 is 1.17 bits per heavy atom. The first-order chi connectivity index (χ1) is 5.61. The van der Waals surface area contributed by atoms with E-state index in [9.17, 15) is 4.21 Å². The van der Waals surface area contributed by atoms with Gasteiger partial charge in [-0.25, -0.2) is 0 Å². The lowest BCUT2D eigenvalue weighted by Gasteiger charge is -2.04. The average molecular weight is 182 g/mol. The molecule has 0 aliphatic carbocycles. The fraction of sp³-hybridized carbons (Fsp3) is 0.400. The lowest BCUT2D eigenvalue weighted by atomic mass is 10.2. The predicted octanol–water partition coefficient (Wildman–Crippen LogP) is 2.51. The summed E-state index contributed by atoms with van der Waals surface area (Å²) < 4.78 is 11.6. The van der Waals surface area contributed by atoms with Crippen LogP contribution >= 0.6 is 0 Å². The molecule has 1 rings (SSSR count). The normalized spacial score (nSPS) is 13.3. The van der Waals surface area contributed by atoms with E-state index in [2.05, 4.69) is 0 Å². The quantitative estimate of drug-likeness (QED) is 0.687. The minimum atomic E-state index is -0.843. The molecule has 0 saturated heterocycles. The van der Waals surface area contributed by atoms with Gasteiger partial charge in [0.1, 0.15) is 0 Å². The highest BCUT2D eigenvalue weighted by molar-refractivity contribution is 7.85. The van der Waals surface area contributed by atoms with Crippen molar-refractivity contribution in [1.82, 2.24) is 0 Å². The van der Waals surface area contributed by atoms with Gasteiger partial charge in [0.25, 0.3) is 0 Å². The van der Waals surface area contributed by atoms with E-state index in [1.807, 2.05) is 45.0 Å². The standard InChI is InChI=1S/C10H14OS/c1-8(2)12(11)10-6-4-9(3)5-7-10/h4-8H,1-3H3/t12-/m0/s1. The Morgan fingerprint density at radius 2 is 1.67 bits per heavy atom. The number of hydrogen-bond donors (Lipinski definition) is 0. The van der Waals surface area contributed by atoms with Crippen molar-refractivity contribution in [2.24, 2.45) is 0 Å². The first-order valence-corrected chi connectivity index (χ1v) is 5.30. The molecule has 66 valence electrons. The van der Waals surface area contributed by atoms with Crippen LogP contribution in [0.5, 0.6) is 0 Å². The van der Waals surface area contributed by atoms with Crippen LogP contribution in [0, 0.1) is 6.92 Å². The van der Waals surface area contributed by atoms with E-state index >= 15 is 0 Å². The first-order valence-electron chi connectivity index (χ1n) is 4.08. The molecule has 1 aromatic rings. The Labute approximate surface area is 76.3 Å². The van der Waals surface area contributed by atoms with Gasteiger partial charge in [-0.2, -0.15) is 0 Å². The molecular weight excluding hydrogens is 168 g/mol. The first kappa shape index (κ1) is 9.46. The Balaban J connectivity index is 2.90. The van der Waals surface area contributed by atoms with Crippen molar-refractivity contribution in [3.05, 3.63) is 29.8 Å². The van der Waals surface area contributed by atoms with Crippen molar-refractivity contribution in [1.29, 1.82) is 0 Å². The highest BCUT2D eigenvalue weighted by atomic mass is 32.2. The van der Waals surface area contributed by atoms with Crippen LogP contribution in [0.2, 0.25) is 0 Å². The van der Waals surface area contributed by atoms with E-state index in [1.54, 1.807) is 0 Å². The maximum Gasteiger partial charge on any atom is 0.0555 e. The molecule has 0 aliphatic rings. The van der Waals surface area contributed by atoms with Crippen molar-refractivity contribution in [2.45, 2.75) is 30.9 Å². The fourth-order valence-corrected chi connectivity index (χ4v) is 1.89. The van der Waals surface area contributed by atoms with Crippen LogP contribution in [0.3, 0.4) is 0 Å². The van der Waals surface area contributed by atoms with Gasteiger partial charge in [-0.05, 0) is 19.1 Å². The summed E-state index contributed by atoms with van der Waals surface area (Å²) in [6, 6.07) is 7.86. The van der Waals surface area contributed by atoms with E-state index in [1.165, 1.54) is 5.56 Å². The third-order valence-corrected chi connectivity index (χ3v) is 3.27. The molecule has 0 aromatic heterocycles. The molecule has 0 bridgehead atoms. The molecule has 0 radical (unpaired) electrons. The Hall–Kier alpha value is -0.630. The minimum absolute atomic E-state index is 0.202. The van der Waals surface area contributed by atoms with Gasteiger partial charge < -0.3 is 0 Å². The van der Waals surface area contributed by atoms with Gasteiger partial charge in [0.05, 0.1) is 10.8 Å². The van der Waals surface area contributed by atoms with Gasteiger partial charge in [-0.1, -0.05) is 31.5 Å². The summed E-state index contributed by atoms with van der Waals surface area (Å²) in [7, 11) is -0.843. The second-order valence-corrected chi connectivity index (χ2v) is 5.17.